The standard InChI is InChI=1S/C12H16N2OS/c1-3-7-13-12(16)14-11-6-4-5-10(8-11)9(2)15/h3-6,8-9,15H,1,7H2,2H3,(H2,13,14,16). The second-order valence-corrected chi connectivity index (χ2v) is 3.83. The molecule has 0 amide bonds. The highest BCUT2D eigenvalue weighted by atomic mass is 32.1. The molecule has 1 aromatic rings. The molecule has 1 atom stereocenters. The predicted molar refractivity (Wildman–Crippen MR) is 71.5 cm³/mol. The van der Waals surface area contributed by atoms with Gasteiger partial charge in [0.05, 0.1) is 6.10 Å². The molecule has 3 N–H and O–H groups in total. The van der Waals surface area contributed by atoms with Crippen molar-refractivity contribution in [1.82, 2.24) is 5.32 Å². The molecule has 1 unspecified atom stereocenters. The highest BCUT2D eigenvalue weighted by Gasteiger charge is 2.02. The summed E-state index contributed by atoms with van der Waals surface area (Å²) in [4.78, 5) is 0. The lowest BCUT2D eigenvalue weighted by atomic mass is 10.1. The van der Waals surface area contributed by atoms with E-state index in [0.717, 1.165) is 11.3 Å². The first-order chi connectivity index (χ1) is 7.63. The molecule has 1 rings (SSSR count). The molecule has 0 spiro atoms. The smallest absolute Gasteiger partial charge is 0.171 e. The lowest BCUT2D eigenvalue weighted by Gasteiger charge is -2.11. The minimum atomic E-state index is -0.476. The molecule has 0 fully saturated rings. The Labute approximate surface area is 101 Å². The number of benzene rings is 1. The van der Waals surface area contributed by atoms with Gasteiger partial charge in [0.2, 0.25) is 0 Å². The van der Waals surface area contributed by atoms with E-state index in [0.29, 0.717) is 11.7 Å². The molecule has 1 aromatic carbocycles. The summed E-state index contributed by atoms with van der Waals surface area (Å²) >= 11 is 5.08. The van der Waals surface area contributed by atoms with Crippen molar-refractivity contribution < 1.29 is 5.11 Å². The molecular formula is C12H16N2OS. The summed E-state index contributed by atoms with van der Waals surface area (Å²) in [6, 6.07) is 7.51. The summed E-state index contributed by atoms with van der Waals surface area (Å²) in [5, 5.41) is 16.0. The first kappa shape index (κ1) is 12.7. The Bertz CT molecular complexity index is 377. The van der Waals surface area contributed by atoms with E-state index in [4.69, 9.17) is 12.2 Å². The van der Waals surface area contributed by atoms with Crippen LogP contribution in [-0.4, -0.2) is 16.8 Å². The topological polar surface area (TPSA) is 44.3 Å². The minimum Gasteiger partial charge on any atom is -0.389 e. The van der Waals surface area contributed by atoms with Gasteiger partial charge in [-0.2, -0.15) is 0 Å². The molecule has 0 heterocycles. The molecule has 0 aromatic heterocycles. The van der Waals surface area contributed by atoms with Crippen LogP contribution in [0.2, 0.25) is 0 Å². The second kappa shape index (κ2) is 6.25. The van der Waals surface area contributed by atoms with Crippen molar-refractivity contribution in [2.45, 2.75) is 13.0 Å². The van der Waals surface area contributed by atoms with Crippen molar-refractivity contribution in [3.63, 3.8) is 0 Å². The van der Waals surface area contributed by atoms with Gasteiger partial charge in [0, 0.05) is 12.2 Å². The zero-order chi connectivity index (χ0) is 12.0. The Morgan fingerprint density at radius 2 is 2.38 bits per heavy atom. The van der Waals surface area contributed by atoms with Crippen LogP contribution >= 0.6 is 12.2 Å². The zero-order valence-electron chi connectivity index (χ0n) is 9.23. The summed E-state index contributed by atoms with van der Waals surface area (Å²) in [5.41, 5.74) is 1.72. The lowest BCUT2D eigenvalue weighted by Crippen LogP contribution is -2.28. The molecule has 86 valence electrons. The van der Waals surface area contributed by atoms with Crippen LogP contribution in [0.5, 0.6) is 0 Å². The van der Waals surface area contributed by atoms with E-state index < -0.39 is 6.10 Å². The summed E-state index contributed by atoms with van der Waals surface area (Å²) in [6.45, 7) is 5.95. The molecule has 0 saturated heterocycles. The molecule has 0 aliphatic carbocycles. The molecule has 16 heavy (non-hydrogen) atoms. The van der Waals surface area contributed by atoms with E-state index in [1.807, 2.05) is 24.3 Å². The fourth-order valence-corrected chi connectivity index (χ4v) is 1.42. The first-order valence-electron chi connectivity index (χ1n) is 5.07. The van der Waals surface area contributed by atoms with Crippen LogP contribution in [0.1, 0.15) is 18.6 Å². The maximum atomic E-state index is 9.43. The monoisotopic (exact) mass is 236 g/mol. The van der Waals surface area contributed by atoms with Gasteiger partial charge in [-0.1, -0.05) is 18.2 Å². The average molecular weight is 236 g/mol. The van der Waals surface area contributed by atoms with Crippen molar-refractivity contribution >= 4 is 23.0 Å². The third-order valence-corrected chi connectivity index (χ3v) is 2.28. The normalized spacial score (nSPS) is 11.6. The van der Waals surface area contributed by atoms with E-state index in [-0.39, 0.29) is 0 Å². The fraction of sp³-hybridized carbons (Fsp3) is 0.250. The van der Waals surface area contributed by atoms with E-state index in [1.54, 1.807) is 13.0 Å². The van der Waals surface area contributed by atoms with Gasteiger partial charge < -0.3 is 15.7 Å². The lowest BCUT2D eigenvalue weighted by molar-refractivity contribution is 0.199. The van der Waals surface area contributed by atoms with Crippen LogP contribution in [0, 0.1) is 0 Å². The summed E-state index contributed by atoms with van der Waals surface area (Å²) in [5.74, 6) is 0. The third kappa shape index (κ3) is 4.00. The van der Waals surface area contributed by atoms with Gasteiger partial charge in [0.15, 0.2) is 5.11 Å². The summed E-state index contributed by atoms with van der Waals surface area (Å²) < 4.78 is 0. The highest BCUT2D eigenvalue weighted by Crippen LogP contribution is 2.16. The number of aliphatic hydroxyl groups is 1. The van der Waals surface area contributed by atoms with E-state index in [2.05, 4.69) is 17.2 Å². The van der Waals surface area contributed by atoms with Crippen molar-refractivity contribution in [2.75, 3.05) is 11.9 Å². The van der Waals surface area contributed by atoms with Gasteiger partial charge >= 0.3 is 0 Å². The summed E-state index contributed by atoms with van der Waals surface area (Å²) in [6.07, 6.45) is 1.26. The molecule has 0 aliphatic rings. The number of thiocarbonyl (C=S) groups is 1. The van der Waals surface area contributed by atoms with Crippen LogP contribution in [0.25, 0.3) is 0 Å². The predicted octanol–water partition coefficient (Wildman–Crippen LogP) is 2.21. The van der Waals surface area contributed by atoms with Crippen molar-refractivity contribution in [3.05, 3.63) is 42.5 Å². The van der Waals surface area contributed by atoms with Crippen molar-refractivity contribution in [3.8, 4) is 0 Å². The van der Waals surface area contributed by atoms with Gasteiger partial charge in [-0.25, -0.2) is 0 Å². The fourth-order valence-electron chi connectivity index (χ4n) is 1.22. The average Bonchev–Trinajstić information content (AvgIpc) is 2.26. The second-order valence-electron chi connectivity index (χ2n) is 3.43. The molecule has 3 nitrogen and oxygen atoms in total. The van der Waals surface area contributed by atoms with E-state index in [9.17, 15) is 5.11 Å². The number of hydrogen-bond donors (Lipinski definition) is 3. The Balaban J connectivity index is 2.63. The molecule has 0 radical (unpaired) electrons. The number of aliphatic hydroxyl groups excluding tert-OH is 1. The molecule has 0 bridgehead atoms. The van der Waals surface area contributed by atoms with Crippen molar-refractivity contribution in [2.24, 2.45) is 0 Å². The summed E-state index contributed by atoms with van der Waals surface area (Å²) in [7, 11) is 0. The maximum absolute atomic E-state index is 9.43. The number of rotatable bonds is 4. The zero-order valence-corrected chi connectivity index (χ0v) is 10.1. The van der Waals surface area contributed by atoms with E-state index in [1.165, 1.54) is 0 Å². The van der Waals surface area contributed by atoms with Gasteiger partial charge in [-0.3, -0.25) is 0 Å². The first-order valence-corrected chi connectivity index (χ1v) is 5.48. The molecule has 0 aliphatic heterocycles. The largest absolute Gasteiger partial charge is 0.389 e. The molecular weight excluding hydrogens is 220 g/mol. The van der Waals surface area contributed by atoms with Crippen LogP contribution in [0.15, 0.2) is 36.9 Å². The van der Waals surface area contributed by atoms with Gasteiger partial charge in [-0.15, -0.1) is 6.58 Å². The van der Waals surface area contributed by atoms with Crippen LogP contribution in [0.4, 0.5) is 5.69 Å². The SMILES string of the molecule is C=CCNC(=S)Nc1cccc(C(C)O)c1. The minimum absolute atomic E-state index is 0.476. The number of nitrogens with one attached hydrogen (secondary N) is 2. The highest BCUT2D eigenvalue weighted by molar-refractivity contribution is 7.80. The van der Waals surface area contributed by atoms with Gasteiger partial charge in [-0.05, 0) is 36.8 Å². The van der Waals surface area contributed by atoms with Crippen LogP contribution in [-0.2, 0) is 0 Å². The van der Waals surface area contributed by atoms with Crippen LogP contribution < -0.4 is 10.6 Å². The molecule has 0 saturated carbocycles. The van der Waals surface area contributed by atoms with E-state index >= 15 is 0 Å². The Morgan fingerprint density at radius 1 is 1.62 bits per heavy atom. The van der Waals surface area contributed by atoms with Gasteiger partial charge in [0.1, 0.15) is 0 Å². The third-order valence-electron chi connectivity index (χ3n) is 2.03. The van der Waals surface area contributed by atoms with Crippen molar-refractivity contribution in [1.29, 1.82) is 0 Å². The Morgan fingerprint density at radius 3 is 3.00 bits per heavy atom. The Kier molecular flexibility index (Phi) is 4.95. The number of hydrogen-bond acceptors (Lipinski definition) is 2. The quantitative estimate of drug-likeness (QED) is 0.554. The molecule has 4 heteroatoms. The Hall–Kier alpha value is -1.39. The van der Waals surface area contributed by atoms with Gasteiger partial charge in [0.25, 0.3) is 0 Å². The van der Waals surface area contributed by atoms with Crippen LogP contribution in [0.3, 0.4) is 0 Å². The maximum Gasteiger partial charge on any atom is 0.171 e. The number of anilines is 1.